The Kier molecular flexibility index (Phi) is 5.86. The molecule has 1 N–H and O–H groups in total. The van der Waals surface area contributed by atoms with Gasteiger partial charge in [-0.1, -0.05) is 12.1 Å². The van der Waals surface area contributed by atoms with E-state index in [0.29, 0.717) is 34.6 Å². The van der Waals surface area contributed by atoms with Gasteiger partial charge in [-0.3, -0.25) is 9.69 Å². The van der Waals surface area contributed by atoms with Crippen LogP contribution in [0, 0.1) is 0 Å². The molecule has 1 saturated heterocycles. The second-order valence-corrected chi connectivity index (χ2v) is 9.23. The van der Waals surface area contributed by atoms with Gasteiger partial charge >= 0.3 is 12.2 Å². The molecule has 2 aliphatic rings. The maximum Gasteiger partial charge on any atom is 0.419 e. The highest BCUT2D eigenvalue weighted by molar-refractivity contribution is 5.98. The molecular formula is C24H24F3N5O4. The van der Waals surface area contributed by atoms with Gasteiger partial charge in [-0.25, -0.2) is 4.98 Å². The number of hydrogen-bond acceptors (Lipinski definition) is 8. The molecule has 1 atom stereocenters. The molecule has 1 amide bonds. The number of nitrogens with zero attached hydrogens (tertiary/aromatic N) is 4. The first-order valence-electron chi connectivity index (χ1n) is 11.4. The number of amides is 1. The lowest BCUT2D eigenvalue weighted by Gasteiger charge is -2.37. The number of fused-ring (bicyclic) bond motifs is 5. The summed E-state index contributed by atoms with van der Waals surface area (Å²) < 4.78 is 57.8. The Labute approximate surface area is 204 Å². The summed E-state index contributed by atoms with van der Waals surface area (Å²) in [6.45, 7) is 5.51. The quantitative estimate of drug-likeness (QED) is 0.530. The lowest BCUT2D eigenvalue weighted by atomic mass is 10.0. The van der Waals surface area contributed by atoms with Crippen molar-refractivity contribution < 1.29 is 32.2 Å². The van der Waals surface area contributed by atoms with E-state index in [1.54, 1.807) is 19.1 Å². The van der Waals surface area contributed by atoms with Crippen LogP contribution in [0.5, 0.6) is 11.8 Å². The third-order valence-corrected chi connectivity index (χ3v) is 5.98. The molecule has 3 aromatic rings. The molecule has 2 aromatic heterocycles. The number of anilines is 2. The number of hydrogen-bond donors (Lipinski definition) is 1. The Balaban J connectivity index is 1.59. The van der Waals surface area contributed by atoms with Crippen LogP contribution in [-0.4, -0.2) is 52.8 Å². The number of nitrogens with one attached hydrogen (secondary N) is 1. The van der Waals surface area contributed by atoms with Crippen LogP contribution in [0.4, 0.5) is 24.8 Å². The Hall–Kier alpha value is -3.67. The van der Waals surface area contributed by atoms with Crippen molar-refractivity contribution in [3.8, 4) is 11.8 Å². The first-order chi connectivity index (χ1) is 17.0. The van der Waals surface area contributed by atoms with Crippen molar-refractivity contribution in [2.24, 2.45) is 0 Å². The van der Waals surface area contributed by atoms with Gasteiger partial charge in [-0.2, -0.15) is 23.1 Å². The molecular weight excluding hydrogens is 479 g/mol. The summed E-state index contributed by atoms with van der Waals surface area (Å²) in [6.07, 6.45) is -3.08. The Morgan fingerprint density at radius 3 is 2.72 bits per heavy atom. The smallest absolute Gasteiger partial charge is 0.419 e. The van der Waals surface area contributed by atoms with Gasteiger partial charge in [0.1, 0.15) is 37.2 Å². The van der Waals surface area contributed by atoms with Crippen LogP contribution in [0.15, 0.2) is 30.5 Å². The fraction of sp³-hybridized carbons (Fsp3) is 0.417. The fourth-order valence-corrected chi connectivity index (χ4v) is 4.22. The number of ether oxygens (including phenoxy) is 3. The van der Waals surface area contributed by atoms with Crippen molar-refractivity contribution in [3.63, 3.8) is 0 Å². The van der Waals surface area contributed by atoms with E-state index in [4.69, 9.17) is 14.2 Å². The van der Waals surface area contributed by atoms with Crippen LogP contribution in [0.1, 0.15) is 37.9 Å². The molecule has 9 nitrogen and oxygen atoms in total. The number of alkyl halides is 3. The molecule has 5 rings (SSSR count). The zero-order valence-corrected chi connectivity index (χ0v) is 19.8. The Bertz CT molecular complexity index is 1330. The first kappa shape index (κ1) is 24.0. The van der Waals surface area contributed by atoms with Crippen LogP contribution in [0.2, 0.25) is 0 Å². The summed E-state index contributed by atoms with van der Waals surface area (Å²) in [6, 6.07) is 4.99. The van der Waals surface area contributed by atoms with E-state index >= 15 is 0 Å². The molecule has 4 heterocycles. The average Bonchev–Trinajstić information content (AvgIpc) is 2.84. The minimum atomic E-state index is -4.59. The largest absolute Gasteiger partial charge is 0.489 e. The van der Waals surface area contributed by atoms with Crippen LogP contribution < -0.4 is 19.7 Å². The van der Waals surface area contributed by atoms with Crippen molar-refractivity contribution in [1.29, 1.82) is 0 Å². The highest BCUT2D eigenvalue weighted by atomic mass is 19.4. The number of para-hydroxylation sites is 1. The van der Waals surface area contributed by atoms with E-state index < -0.39 is 23.4 Å². The Morgan fingerprint density at radius 2 is 1.94 bits per heavy atom. The van der Waals surface area contributed by atoms with Crippen molar-refractivity contribution in [2.45, 2.75) is 38.6 Å². The molecule has 12 heteroatoms. The predicted molar refractivity (Wildman–Crippen MR) is 124 cm³/mol. The monoisotopic (exact) mass is 503 g/mol. The molecule has 36 heavy (non-hydrogen) atoms. The van der Waals surface area contributed by atoms with Crippen molar-refractivity contribution >= 4 is 28.4 Å². The maximum atomic E-state index is 13.7. The molecule has 0 spiro atoms. The lowest BCUT2D eigenvalue weighted by Crippen LogP contribution is -2.52. The predicted octanol–water partition coefficient (Wildman–Crippen LogP) is 4.13. The number of benzene rings is 1. The van der Waals surface area contributed by atoms with E-state index in [1.807, 2.05) is 13.8 Å². The fourth-order valence-electron chi connectivity index (χ4n) is 4.22. The van der Waals surface area contributed by atoms with E-state index in [2.05, 4.69) is 20.3 Å². The second-order valence-electron chi connectivity index (χ2n) is 9.23. The van der Waals surface area contributed by atoms with Gasteiger partial charge in [-0.15, -0.1) is 0 Å². The number of pyridine rings is 1. The van der Waals surface area contributed by atoms with Crippen molar-refractivity contribution in [1.82, 2.24) is 15.0 Å². The highest BCUT2D eigenvalue weighted by Gasteiger charge is 2.37. The number of halogens is 3. The SMILES string of the molecule is C[C@H]1Nc2nc(nc3cnc(N4CC(C)(C)OCC4=O)cc23)OCCOc2c1cccc2C(F)(F)F. The van der Waals surface area contributed by atoms with Gasteiger partial charge in [0.25, 0.3) is 5.91 Å². The van der Waals surface area contributed by atoms with Crippen LogP contribution >= 0.6 is 0 Å². The van der Waals surface area contributed by atoms with Gasteiger partial charge in [0, 0.05) is 10.9 Å². The summed E-state index contributed by atoms with van der Waals surface area (Å²) in [7, 11) is 0. The average molecular weight is 503 g/mol. The van der Waals surface area contributed by atoms with E-state index in [1.165, 1.54) is 17.2 Å². The number of carbonyl (C=O) groups excluding carboxylic acids is 1. The molecule has 1 aromatic carbocycles. The molecule has 2 aliphatic heterocycles. The zero-order valence-electron chi connectivity index (χ0n) is 19.8. The van der Waals surface area contributed by atoms with E-state index in [0.717, 1.165) is 6.07 Å². The summed E-state index contributed by atoms with van der Waals surface area (Å²) in [5.74, 6) is 0.228. The minimum absolute atomic E-state index is 0.0286. The van der Waals surface area contributed by atoms with Crippen molar-refractivity contribution in [3.05, 3.63) is 41.6 Å². The van der Waals surface area contributed by atoms with Gasteiger partial charge < -0.3 is 19.5 Å². The van der Waals surface area contributed by atoms with Gasteiger partial charge in [0.15, 0.2) is 0 Å². The number of aromatic nitrogens is 3. The third-order valence-electron chi connectivity index (χ3n) is 5.98. The summed E-state index contributed by atoms with van der Waals surface area (Å²) >= 11 is 0. The van der Waals surface area contributed by atoms with E-state index in [-0.39, 0.29) is 37.5 Å². The topological polar surface area (TPSA) is 98.7 Å². The molecule has 1 fully saturated rings. The molecule has 0 radical (unpaired) electrons. The molecule has 2 bridgehead atoms. The molecule has 190 valence electrons. The van der Waals surface area contributed by atoms with Crippen molar-refractivity contribution in [2.75, 3.05) is 36.6 Å². The van der Waals surface area contributed by atoms with Crippen LogP contribution in [0.25, 0.3) is 10.9 Å². The highest BCUT2D eigenvalue weighted by Crippen LogP contribution is 2.41. The molecule has 0 aliphatic carbocycles. The van der Waals surface area contributed by atoms with E-state index in [9.17, 15) is 18.0 Å². The van der Waals surface area contributed by atoms with Gasteiger partial charge in [0.05, 0.1) is 35.5 Å². The number of carbonyl (C=O) groups is 1. The van der Waals surface area contributed by atoms with Gasteiger partial charge in [-0.05, 0) is 32.9 Å². The third kappa shape index (κ3) is 4.60. The number of morpholine rings is 1. The minimum Gasteiger partial charge on any atom is -0.489 e. The number of rotatable bonds is 1. The first-order valence-corrected chi connectivity index (χ1v) is 11.4. The summed E-state index contributed by atoms with van der Waals surface area (Å²) in [5.41, 5.74) is -0.651. The second kappa shape index (κ2) is 8.77. The zero-order chi connectivity index (χ0) is 25.7. The maximum absolute atomic E-state index is 13.7. The lowest BCUT2D eigenvalue weighted by molar-refractivity contribution is -0.139. The summed E-state index contributed by atoms with van der Waals surface area (Å²) in [4.78, 5) is 27.3. The van der Waals surface area contributed by atoms with Crippen LogP contribution in [0.3, 0.4) is 0 Å². The van der Waals surface area contributed by atoms with Gasteiger partial charge in [0.2, 0.25) is 0 Å². The normalized spacial score (nSPS) is 20.0. The summed E-state index contributed by atoms with van der Waals surface area (Å²) in [5, 5.41) is 3.71. The van der Waals surface area contributed by atoms with Crippen LogP contribution in [-0.2, 0) is 15.7 Å². The Morgan fingerprint density at radius 1 is 1.17 bits per heavy atom. The molecule has 0 saturated carbocycles. The molecule has 0 unspecified atom stereocenters. The standard InChI is InChI=1S/C24H24F3N5O4/c1-13-14-5-4-6-16(24(25,26)27)20(14)34-7-8-35-22-30-17-10-28-18(9-15(17)21(29-13)31-22)32-12-23(2,3)36-11-19(32)33/h4-6,9-10,13H,7-8,11-12H2,1-3H3,(H,29,30,31)/t13-/m1/s1.